The molecule has 2 rings (SSSR count). The van der Waals surface area contributed by atoms with E-state index in [0.29, 0.717) is 18.7 Å². The summed E-state index contributed by atoms with van der Waals surface area (Å²) >= 11 is 0. The first-order chi connectivity index (χ1) is 8.59. The highest BCUT2D eigenvalue weighted by atomic mass is 16.6. The van der Waals surface area contributed by atoms with Crippen LogP contribution in [-0.2, 0) is 4.79 Å². The molecular formula is C12H13N3O3. The molecule has 1 aliphatic heterocycles. The molecule has 1 heterocycles. The van der Waals surface area contributed by atoms with E-state index in [9.17, 15) is 14.9 Å². The number of nitrogens with one attached hydrogen (secondary N) is 2. The molecule has 6 nitrogen and oxygen atoms in total. The van der Waals surface area contributed by atoms with Crippen LogP contribution >= 0.6 is 0 Å². The number of para-hydroxylation sites is 2. The molecule has 0 bridgehead atoms. The van der Waals surface area contributed by atoms with Gasteiger partial charge in [-0.1, -0.05) is 12.1 Å². The Morgan fingerprint density at radius 1 is 1.39 bits per heavy atom. The number of nitrogens with zero attached hydrogens (tertiary/aromatic N) is 1. The van der Waals surface area contributed by atoms with Crippen molar-refractivity contribution in [3.05, 3.63) is 45.5 Å². The van der Waals surface area contributed by atoms with E-state index in [2.05, 4.69) is 10.6 Å². The van der Waals surface area contributed by atoms with Gasteiger partial charge in [-0.05, 0) is 18.6 Å². The average molecular weight is 247 g/mol. The second-order valence-electron chi connectivity index (χ2n) is 4.06. The van der Waals surface area contributed by atoms with Gasteiger partial charge in [-0.2, -0.15) is 0 Å². The molecule has 94 valence electrons. The number of anilines is 1. The summed E-state index contributed by atoms with van der Waals surface area (Å²) in [6.07, 6.45) is 0. The van der Waals surface area contributed by atoms with E-state index in [1.165, 1.54) is 12.1 Å². The van der Waals surface area contributed by atoms with Crippen molar-refractivity contribution in [2.45, 2.75) is 6.92 Å². The summed E-state index contributed by atoms with van der Waals surface area (Å²) in [5, 5.41) is 16.4. The third kappa shape index (κ3) is 2.38. The zero-order valence-corrected chi connectivity index (χ0v) is 9.90. The fourth-order valence-electron chi connectivity index (χ4n) is 1.63. The monoisotopic (exact) mass is 247 g/mol. The summed E-state index contributed by atoms with van der Waals surface area (Å²) in [5.74, 6) is -0.291. The van der Waals surface area contributed by atoms with Gasteiger partial charge in [-0.3, -0.25) is 14.9 Å². The minimum absolute atomic E-state index is 0.101. The topological polar surface area (TPSA) is 84.3 Å². The van der Waals surface area contributed by atoms with Gasteiger partial charge in [0, 0.05) is 24.7 Å². The van der Waals surface area contributed by atoms with Crippen LogP contribution in [0.25, 0.3) is 0 Å². The van der Waals surface area contributed by atoms with Crippen LogP contribution in [0.3, 0.4) is 0 Å². The molecule has 1 aliphatic rings. The highest BCUT2D eigenvalue weighted by Crippen LogP contribution is 2.24. The van der Waals surface area contributed by atoms with Crippen molar-refractivity contribution in [3.63, 3.8) is 0 Å². The molecule has 18 heavy (non-hydrogen) atoms. The minimum atomic E-state index is -0.511. The van der Waals surface area contributed by atoms with E-state index in [-0.39, 0.29) is 17.3 Å². The fraction of sp³-hybridized carbons (Fsp3) is 0.250. The molecule has 1 amide bonds. The first-order valence-electron chi connectivity index (χ1n) is 5.53. The number of rotatable bonds is 3. The van der Waals surface area contributed by atoms with Crippen LogP contribution in [0.1, 0.15) is 6.92 Å². The summed E-state index contributed by atoms with van der Waals surface area (Å²) in [4.78, 5) is 22.2. The molecule has 1 aromatic carbocycles. The van der Waals surface area contributed by atoms with Crippen molar-refractivity contribution in [2.75, 3.05) is 18.4 Å². The van der Waals surface area contributed by atoms with Crippen molar-refractivity contribution in [1.29, 1.82) is 0 Å². The first kappa shape index (κ1) is 12.3. The van der Waals surface area contributed by atoms with E-state index in [0.717, 1.165) is 5.57 Å². The van der Waals surface area contributed by atoms with Crippen LogP contribution in [0.2, 0.25) is 0 Å². The third-order valence-electron chi connectivity index (χ3n) is 2.90. The quantitative estimate of drug-likeness (QED) is 0.481. The fourth-order valence-corrected chi connectivity index (χ4v) is 1.63. The first-order valence-corrected chi connectivity index (χ1v) is 5.53. The zero-order valence-electron chi connectivity index (χ0n) is 9.90. The Kier molecular flexibility index (Phi) is 3.38. The van der Waals surface area contributed by atoms with Gasteiger partial charge in [0.2, 0.25) is 0 Å². The van der Waals surface area contributed by atoms with Gasteiger partial charge >= 0.3 is 0 Å². The Morgan fingerprint density at radius 3 is 2.61 bits per heavy atom. The van der Waals surface area contributed by atoms with Gasteiger partial charge in [-0.15, -0.1) is 0 Å². The van der Waals surface area contributed by atoms with Gasteiger partial charge in [0.15, 0.2) is 0 Å². The van der Waals surface area contributed by atoms with Crippen LogP contribution in [-0.4, -0.2) is 23.9 Å². The Bertz CT molecular complexity index is 531. The smallest absolute Gasteiger partial charge is 0.292 e. The molecule has 1 fully saturated rings. The van der Waals surface area contributed by atoms with Crippen molar-refractivity contribution in [3.8, 4) is 0 Å². The predicted octanol–water partition coefficient (Wildman–Crippen LogP) is 1.45. The predicted molar refractivity (Wildman–Crippen MR) is 67.3 cm³/mol. The molecule has 1 aromatic rings. The van der Waals surface area contributed by atoms with Crippen molar-refractivity contribution >= 4 is 17.3 Å². The molecule has 0 aliphatic carbocycles. The maximum absolute atomic E-state index is 11.9. The number of hydrogen-bond acceptors (Lipinski definition) is 4. The Labute approximate surface area is 104 Å². The van der Waals surface area contributed by atoms with E-state index in [1.807, 2.05) is 0 Å². The second kappa shape index (κ2) is 4.97. The lowest BCUT2D eigenvalue weighted by Crippen LogP contribution is -2.36. The van der Waals surface area contributed by atoms with Gasteiger partial charge in [0.05, 0.1) is 4.92 Å². The minimum Gasteiger partial charge on any atom is -0.317 e. The normalized spacial score (nSPS) is 13.7. The van der Waals surface area contributed by atoms with Gasteiger partial charge in [-0.25, -0.2) is 0 Å². The highest BCUT2D eigenvalue weighted by Gasteiger charge is 2.19. The molecule has 2 N–H and O–H groups in total. The van der Waals surface area contributed by atoms with Gasteiger partial charge in [0.25, 0.3) is 11.6 Å². The lowest BCUT2D eigenvalue weighted by atomic mass is 10.0. The summed E-state index contributed by atoms with van der Waals surface area (Å²) in [7, 11) is 0. The summed E-state index contributed by atoms with van der Waals surface area (Å²) in [5.41, 5.74) is 1.77. The van der Waals surface area contributed by atoms with Crippen LogP contribution < -0.4 is 10.6 Å². The maximum atomic E-state index is 11.9. The third-order valence-corrected chi connectivity index (χ3v) is 2.90. The number of nitro groups is 1. The van der Waals surface area contributed by atoms with Crippen molar-refractivity contribution < 1.29 is 9.72 Å². The molecule has 0 atom stereocenters. The molecule has 0 unspecified atom stereocenters. The number of nitro benzene ring substituents is 1. The SMILES string of the molecule is CC(C(=O)Nc1ccccc1[N+](=O)[O-])=C1CNC1. The molecule has 6 heteroatoms. The van der Waals surface area contributed by atoms with Gasteiger partial charge < -0.3 is 10.6 Å². The zero-order chi connectivity index (χ0) is 13.1. The second-order valence-corrected chi connectivity index (χ2v) is 4.06. The van der Waals surface area contributed by atoms with Crippen molar-refractivity contribution in [1.82, 2.24) is 5.32 Å². The van der Waals surface area contributed by atoms with E-state index in [4.69, 9.17) is 0 Å². The number of carbonyl (C=O) groups excluding carboxylic acids is 1. The van der Waals surface area contributed by atoms with E-state index >= 15 is 0 Å². The van der Waals surface area contributed by atoms with Crippen LogP contribution in [0.5, 0.6) is 0 Å². The molecule has 0 aromatic heterocycles. The van der Waals surface area contributed by atoms with Crippen molar-refractivity contribution in [2.24, 2.45) is 0 Å². The maximum Gasteiger partial charge on any atom is 0.292 e. The molecule has 0 spiro atoms. The molecule has 1 saturated heterocycles. The highest BCUT2D eigenvalue weighted by molar-refractivity contribution is 6.05. The van der Waals surface area contributed by atoms with E-state index < -0.39 is 4.92 Å². The van der Waals surface area contributed by atoms with Gasteiger partial charge in [0.1, 0.15) is 5.69 Å². The molecule has 0 radical (unpaired) electrons. The summed E-state index contributed by atoms with van der Waals surface area (Å²) < 4.78 is 0. The number of hydrogen-bond donors (Lipinski definition) is 2. The number of benzene rings is 1. The summed E-state index contributed by atoms with van der Waals surface area (Å²) in [6.45, 7) is 3.13. The molecular weight excluding hydrogens is 234 g/mol. The average Bonchev–Trinajstić information content (AvgIpc) is 2.27. The van der Waals surface area contributed by atoms with E-state index in [1.54, 1.807) is 19.1 Å². The summed E-state index contributed by atoms with van der Waals surface area (Å²) in [6, 6.07) is 6.10. The van der Waals surface area contributed by atoms with Crippen LogP contribution in [0, 0.1) is 10.1 Å². The lowest BCUT2D eigenvalue weighted by molar-refractivity contribution is -0.383. The standard InChI is InChI=1S/C12H13N3O3/c1-8(9-6-13-7-9)12(16)14-10-4-2-3-5-11(10)15(17)18/h2-5,13H,6-7H2,1H3,(H,14,16). The largest absolute Gasteiger partial charge is 0.317 e. The Morgan fingerprint density at radius 2 is 2.06 bits per heavy atom. The van der Waals surface area contributed by atoms with Crippen LogP contribution in [0.4, 0.5) is 11.4 Å². The Balaban J connectivity index is 2.19. The molecule has 0 saturated carbocycles. The number of amides is 1. The number of carbonyl (C=O) groups is 1. The Hall–Kier alpha value is -2.21. The lowest BCUT2D eigenvalue weighted by Gasteiger charge is -2.21. The van der Waals surface area contributed by atoms with Crippen LogP contribution in [0.15, 0.2) is 35.4 Å².